The zero-order valence-electron chi connectivity index (χ0n) is 18.2. The second-order valence-electron chi connectivity index (χ2n) is 7.49. The van der Waals surface area contributed by atoms with Gasteiger partial charge < -0.3 is 20.3 Å². The summed E-state index contributed by atoms with van der Waals surface area (Å²) in [6.45, 7) is 5.49. The molecule has 1 atom stereocenters. The molecule has 0 unspecified atom stereocenters. The summed E-state index contributed by atoms with van der Waals surface area (Å²) in [5.41, 5.74) is 2.29. The van der Waals surface area contributed by atoms with Gasteiger partial charge in [0.05, 0.1) is 12.3 Å². The third-order valence-corrected chi connectivity index (χ3v) is 4.51. The summed E-state index contributed by atoms with van der Waals surface area (Å²) in [5, 5.41) is 27.5. The third kappa shape index (κ3) is 7.25. The van der Waals surface area contributed by atoms with Gasteiger partial charge in [-0.25, -0.2) is 5.48 Å². The van der Waals surface area contributed by atoms with Crippen LogP contribution in [0, 0.1) is 30.6 Å². The topological polar surface area (TPSA) is 137 Å². The molecule has 0 aliphatic carbocycles. The Kier molecular flexibility index (Phi) is 8.99. The maximum Gasteiger partial charge on any atom is 0.267 e. The number of amides is 2. The number of hydrogen-bond acceptors (Lipinski definition) is 7. The van der Waals surface area contributed by atoms with Gasteiger partial charge in [-0.3, -0.25) is 14.8 Å². The Morgan fingerprint density at radius 1 is 1.22 bits per heavy atom. The number of carbonyl (C=O) groups excluding carboxylic acids is 2. The van der Waals surface area contributed by atoms with Gasteiger partial charge >= 0.3 is 0 Å². The molecular weight excluding hydrogens is 412 g/mol. The van der Waals surface area contributed by atoms with Crippen LogP contribution in [0.5, 0.6) is 0 Å². The lowest BCUT2D eigenvalue weighted by molar-refractivity contribution is -0.133. The first-order valence-electron chi connectivity index (χ1n) is 9.88. The Hall–Kier alpha value is -3.63. The molecule has 168 valence electrons. The van der Waals surface area contributed by atoms with E-state index in [1.54, 1.807) is 56.6 Å². The molecule has 0 aliphatic heterocycles. The Bertz CT molecular complexity index is 1050. The average molecular weight is 438 g/mol. The standard InChI is InChI=1S/C23H26N4O5/c1-16-14-19(27-32-16)15-24-23(2,3)20(22(30)26-31)25-21(29)18-11-9-17(10-12-18)8-6-4-5-7-13-28/h9-12,14,20,24,28,31H,7,13,15H2,1-3H3,(H,25,29)(H,26,30)/t20-/m1/s1. The van der Waals surface area contributed by atoms with E-state index in [-0.39, 0.29) is 6.61 Å². The number of carbonyl (C=O) groups is 2. The average Bonchev–Trinajstić information content (AvgIpc) is 3.21. The van der Waals surface area contributed by atoms with Crippen molar-refractivity contribution in [3.8, 4) is 23.7 Å². The summed E-state index contributed by atoms with van der Waals surface area (Å²) in [4.78, 5) is 25.0. The number of hydrogen-bond donors (Lipinski definition) is 5. The summed E-state index contributed by atoms with van der Waals surface area (Å²) < 4.78 is 5.03. The molecule has 5 N–H and O–H groups in total. The van der Waals surface area contributed by atoms with E-state index < -0.39 is 23.4 Å². The number of aliphatic hydroxyl groups is 1. The number of aromatic nitrogens is 1. The molecule has 0 bridgehead atoms. The lowest BCUT2D eigenvalue weighted by atomic mass is 9.93. The van der Waals surface area contributed by atoms with E-state index in [4.69, 9.17) is 14.8 Å². The molecule has 2 aromatic rings. The fraction of sp³-hybridized carbons (Fsp3) is 0.348. The van der Waals surface area contributed by atoms with Gasteiger partial charge in [-0.1, -0.05) is 17.0 Å². The number of aryl methyl sites for hydroxylation is 1. The van der Waals surface area contributed by atoms with Crippen molar-refractivity contribution in [2.24, 2.45) is 0 Å². The maximum absolute atomic E-state index is 12.7. The molecule has 1 aromatic heterocycles. The van der Waals surface area contributed by atoms with E-state index in [1.165, 1.54) is 0 Å². The van der Waals surface area contributed by atoms with Crippen molar-refractivity contribution < 1.29 is 24.4 Å². The fourth-order valence-electron chi connectivity index (χ4n) is 2.75. The molecule has 1 heterocycles. The molecule has 0 saturated carbocycles. The molecule has 2 amide bonds. The Morgan fingerprint density at radius 2 is 1.94 bits per heavy atom. The predicted octanol–water partition coefficient (Wildman–Crippen LogP) is 0.893. The van der Waals surface area contributed by atoms with E-state index in [9.17, 15) is 9.59 Å². The van der Waals surface area contributed by atoms with Gasteiger partial charge in [-0.05, 0) is 56.9 Å². The predicted molar refractivity (Wildman–Crippen MR) is 116 cm³/mol. The molecule has 32 heavy (non-hydrogen) atoms. The van der Waals surface area contributed by atoms with Crippen LogP contribution in [0.3, 0.4) is 0 Å². The number of nitrogens with zero attached hydrogens (tertiary/aromatic N) is 1. The van der Waals surface area contributed by atoms with Gasteiger partial charge in [-0.2, -0.15) is 0 Å². The van der Waals surface area contributed by atoms with Crippen LogP contribution in [-0.4, -0.2) is 45.5 Å². The third-order valence-electron chi connectivity index (χ3n) is 4.51. The van der Waals surface area contributed by atoms with Crippen LogP contribution in [0.25, 0.3) is 0 Å². The number of hydroxylamine groups is 1. The van der Waals surface area contributed by atoms with Crippen molar-refractivity contribution in [1.29, 1.82) is 0 Å². The molecule has 0 spiro atoms. The van der Waals surface area contributed by atoms with Crippen molar-refractivity contribution in [3.05, 3.63) is 52.9 Å². The van der Waals surface area contributed by atoms with E-state index in [0.717, 1.165) is 0 Å². The van der Waals surface area contributed by atoms with Crippen LogP contribution in [-0.2, 0) is 11.3 Å². The lowest BCUT2D eigenvalue weighted by Gasteiger charge is -2.34. The van der Waals surface area contributed by atoms with E-state index in [2.05, 4.69) is 39.5 Å². The van der Waals surface area contributed by atoms with Crippen molar-refractivity contribution in [3.63, 3.8) is 0 Å². The minimum Gasteiger partial charge on any atom is -0.395 e. The second-order valence-corrected chi connectivity index (χ2v) is 7.49. The van der Waals surface area contributed by atoms with Gasteiger partial charge in [0.25, 0.3) is 11.8 Å². The number of aliphatic hydroxyl groups excluding tert-OH is 1. The van der Waals surface area contributed by atoms with E-state index in [1.807, 2.05) is 0 Å². The maximum atomic E-state index is 12.7. The smallest absolute Gasteiger partial charge is 0.267 e. The second kappa shape index (κ2) is 11.7. The highest BCUT2D eigenvalue weighted by atomic mass is 16.5. The first-order valence-corrected chi connectivity index (χ1v) is 9.88. The normalized spacial score (nSPS) is 11.4. The Balaban J connectivity index is 2.08. The Morgan fingerprint density at radius 3 is 2.53 bits per heavy atom. The zero-order valence-corrected chi connectivity index (χ0v) is 18.2. The SMILES string of the molecule is Cc1cc(CNC(C)(C)[C@H](NC(=O)c2ccc(C#CC#CCCO)cc2)C(=O)NO)no1. The van der Waals surface area contributed by atoms with Gasteiger partial charge in [0, 0.05) is 35.7 Å². The van der Waals surface area contributed by atoms with E-state index in [0.29, 0.717) is 35.5 Å². The molecule has 0 fully saturated rings. The Labute approximate surface area is 186 Å². The molecule has 2 rings (SSSR count). The van der Waals surface area contributed by atoms with Gasteiger partial charge in [-0.15, -0.1) is 0 Å². The fourth-order valence-corrected chi connectivity index (χ4v) is 2.75. The highest BCUT2D eigenvalue weighted by molar-refractivity contribution is 5.97. The summed E-state index contributed by atoms with van der Waals surface area (Å²) in [5.74, 6) is 10.2. The quantitative estimate of drug-likeness (QED) is 0.235. The first-order chi connectivity index (χ1) is 15.3. The molecular formula is C23H26N4O5. The van der Waals surface area contributed by atoms with Gasteiger partial charge in [0.1, 0.15) is 11.8 Å². The number of rotatable bonds is 8. The van der Waals surface area contributed by atoms with E-state index >= 15 is 0 Å². The molecule has 9 heteroatoms. The summed E-state index contributed by atoms with van der Waals surface area (Å²) in [6, 6.07) is 7.14. The van der Waals surface area contributed by atoms with Crippen molar-refractivity contribution >= 4 is 11.8 Å². The summed E-state index contributed by atoms with van der Waals surface area (Å²) >= 11 is 0. The minimum absolute atomic E-state index is 0.0139. The van der Waals surface area contributed by atoms with Crippen molar-refractivity contribution in [1.82, 2.24) is 21.3 Å². The van der Waals surface area contributed by atoms with Crippen LogP contribution in [0.15, 0.2) is 34.9 Å². The van der Waals surface area contributed by atoms with Crippen LogP contribution in [0.4, 0.5) is 0 Å². The summed E-state index contributed by atoms with van der Waals surface area (Å²) in [6.07, 6.45) is 0.361. The van der Waals surface area contributed by atoms with Crippen LogP contribution < -0.4 is 16.1 Å². The number of benzene rings is 1. The van der Waals surface area contributed by atoms with Crippen molar-refractivity contribution in [2.45, 2.75) is 45.3 Å². The highest BCUT2D eigenvalue weighted by Crippen LogP contribution is 2.13. The first kappa shape index (κ1) is 24.6. The molecule has 0 radical (unpaired) electrons. The van der Waals surface area contributed by atoms with Crippen molar-refractivity contribution in [2.75, 3.05) is 6.61 Å². The largest absolute Gasteiger partial charge is 0.395 e. The van der Waals surface area contributed by atoms with Crippen LogP contribution in [0.1, 0.15) is 47.6 Å². The molecule has 0 aliphatic rings. The van der Waals surface area contributed by atoms with Crippen LogP contribution in [0.2, 0.25) is 0 Å². The molecule has 0 saturated heterocycles. The monoisotopic (exact) mass is 438 g/mol. The molecule has 9 nitrogen and oxygen atoms in total. The lowest BCUT2D eigenvalue weighted by Crippen LogP contribution is -2.62. The van der Waals surface area contributed by atoms with Gasteiger partial charge in [0.2, 0.25) is 0 Å². The molecule has 1 aromatic carbocycles. The minimum atomic E-state index is -1.09. The number of nitrogens with one attached hydrogen (secondary N) is 3. The highest BCUT2D eigenvalue weighted by Gasteiger charge is 2.36. The summed E-state index contributed by atoms with van der Waals surface area (Å²) in [7, 11) is 0. The van der Waals surface area contributed by atoms with Crippen LogP contribution >= 0.6 is 0 Å². The van der Waals surface area contributed by atoms with Gasteiger partial charge in [0.15, 0.2) is 0 Å². The zero-order chi connectivity index (χ0) is 23.6.